The molecule has 0 radical (unpaired) electrons. The minimum absolute atomic E-state index is 0. The van der Waals surface area contributed by atoms with Crippen LogP contribution >= 0.6 is 28.3 Å². The van der Waals surface area contributed by atoms with E-state index in [1.165, 1.54) is 0 Å². The number of aliphatic hydroxyl groups excluding tert-OH is 1. The summed E-state index contributed by atoms with van der Waals surface area (Å²) >= 11 is 2.73. The number of benzene rings is 1. The van der Waals surface area contributed by atoms with Crippen molar-refractivity contribution in [2.75, 3.05) is 6.61 Å². The minimum atomic E-state index is -3.79. The molecule has 1 aromatic rings. The van der Waals surface area contributed by atoms with Gasteiger partial charge in [0.15, 0.2) is 0 Å². The van der Waals surface area contributed by atoms with Crippen LogP contribution in [0, 0.1) is 11.6 Å². The zero-order chi connectivity index (χ0) is 12.5. The summed E-state index contributed by atoms with van der Waals surface area (Å²) in [5, 5.41) is 8.39. The minimum Gasteiger partial charge on any atom is -0.390 e. The average Bonchev–Trinajstić information content (AvgIpc) is 2.24. The average molecular weight is 339 g/mol. The molecular weight excluding hydrogens is 329 g/mol. The maximum absolute atomic E-state index is 13.4. The van der Waals surface area contributed by atoms with E-state index < -0.39 is 35.8 Å². The predicted molar refractivity (Wildman–Crippen MR) is 60.3 cm³/mol. The molecule has 1 rings (SSSR count). The third-order valence-electron chi connectivity index (χ3n) is 2.06. The highest BCUT2D eigenvalue weighted by Crippen LogP contribution is 2.34. The fourth-order valence-electron chi connectivity index (χ4n) is 1.14. The van der Waals surface area contributed by atoms with Crippen molar-refractivity contribution < 1.29 is 22.7 Å². The van der Waals surface area contributed by atoms with Crippen LogP contribution in [0.5, 0.6) is 0 Å². The summed E-state index contributed by atoms with van der Waals surface area (Å²) in [6, 6.07) is -0.386. The van der Waals surface area contributed by atoms with Crippen LogP contribution in [0.3, 0.4) is 0 Å². The number of halogens is 6. The molecule has 0 aliphatic rings. The Balaban J connectivity index is 0.00000256. The zero-order valence-corrected chi connectivity index (χ0v) is 10.7. The summed E-state index contributed by atoms with van der Waals surface area (Å²) in [6.45, 7) is -1.58. The van der Waals surface area contributed by atoms with Crippen molar-refractivity contribution in [3.8, 4) is 0 Å². The van der Waals surface area contributed by atoms with E-state index in [4.69, 9.17) is 10.8 Å². The van der Waals surface area contributed by atoms with Crippen LogP contribution in [0.4, 0.5) is 17.6 Å². The van der Waals surface area contributed by atoms with Crippen LogP contribution in [0.25, 0.3) is 0 Å². The summed E-state index contributed by atoms with van der Waals surface area (Å²) in [6.07, 6.45) is 0. The number of hydrogen-bond acceptors (Lipinski definition) is 2. The van der Waals surface area contributed by atoms with Gasteiger partial charge in [-0.15, -0.1) is 12.4 Å². The van der Waals surface area contributed by atoms with E-state index in [0.29, 0.717) is 0 Å². The SMILES string of the molecule is Cl.N[C@H](c1c(F)ccc(Br)c1F)C(F)(F)CO. The maximum atomic E-state index is 13.4. The van der Waals surface area contributed by atoms with Crippen molar-refractivity contribution in [2.24, 2.45) is 5.73 Å². The molecule has 2 nitrogen and oxygen atoms in total. The number of rotatable bonds is 3. The molecule has 0 amide bonds. The van der Waals surface area contributed by atoms with E-state index in [0.717, 1.165) is 12.1 Å². The standard InChI is InChI=1S/C9H8BrF4NO.ClH/c10-4-1-2-5(11)6(7(4)12)8(15)9(13,14)3-16;/h1-2,8,16H,3,15H2;1H/t8-;/m1./s1. The molecule has 1 atom stereocenters. The zero-order valence-electron chi connectivity index (χ0n) is 8.26. The Kier molecular flexibility index (Phi) is 5.86. The van der Waals surface area contributed by atoms with Crippen molar-refractivity contribution in [3.63, 3.8) is 0 Å². The molecular formula is C9H9BrClF4NO. The molecule has 8 heteroatoms. The molecule has 0 aliphatic heterocycles. The van der Waals surface area contributed by atoms with Crippen LogP contribution in [-0.2, 0) is 0 Å². The van der Waals surface area contributed by atoms with Gasteiger partial charge in [0, 0.05) is 5.56 Å². The quantitative estimate of drug-likeness (QED) is 0.657. The summed E-state index contributed by atoms with van der Waals surface area (Å²) in [5.74, 6) is -6.16. The van der Waals surface area contributed by atoms with Crippen molar-refractivity contribution >= 4 is 28.3 Å². The highest BCUT2D eigenvalue weighted by molar-refractivity contribution is 9.10. The van der Waals surface area contributed by atoms with Crippen LogP contribution in [0.15, 0.2) is 16.6 Å². The monoisotopic (exact) mass is 337 g/mol. The van der Waals surface area contributed by atoms with Crippen LogP contribution in [0.1, 0.15) is 11.6 Å². The predicted octanol–water partition coefficient (Wildman–Crippen LogP) is 2.78. The van der Waals surface area contributed by atoms with Crippen molar-refractivity contribution in [1.29, 1.82) is 0 Å². The topological polar surface area (TPSA) is 46.2 Å². The normalized spacial score (nSPS) is 13.1. The third kappa shape index (κ3) is 3.31. The van der Waals surface area contributed by atoms with E-state index in [1.54, 1.807) is 0 Å². The van der Waals surface area contributed by atoms with Gasteiger partial charge in [0.05, 0.1) is 4.47 Å². The van der Waals surface area contributed by atoms with Gasteiger partial charge in [0.1, 0.15) is 24.3 Å². The second kappa shape index (κ2) is 5.99. The van der Waals surface area contributed by atoms with Crippen molar-refractivity contribution in [1.82, 2.24) is 0 Å². The first kappa shape index (κ1) is 16.6. The second-order valence-electron chi connectivity index (χ2n) is 3.15. The van der Waals surface area contributed by atoms with Crippen LogP contribution in [-0.4, -0.2) is 17.6 Å². The lowest BCUT2D eigenvalue weighted by molar-refractivity contribution is -0.0726. The molecule has 0 spiro atoms. The number of aliphatic hydroxyl groups is 1. The summed E-state index contributed by atoms with van der Waals surface area (Å²) < 4.78 is 52.4. The fourth-order valence-corrected chi connectivity index (χ4v) is 1.48. The number of hydrogen-bond donors (Lipinski definition) is 2. The highest BCUT2D eigenvalue weighted by Gasteiger charge is 2.40. The number of alkyl halides is 2. The van der Waals surface area contributed by atoms with Crippen molar-refractivity contribution in [2.45, 2.75) is 12.0 Å². The summed E-state index contributed by atoms with van der Waals surface area (Å²) in [7, 11) is 0. The Bertz CT molecular complexity index is 405. The fraction of sp³-hybridized carbons (Fsp3) is 0.333. The Morgan fingerprint density at radius 2 is 1.88 bits per heavy atom. The van der Waals surface area contributed by atoms with Crippen LogP contribution in [0.2, 0.25) is 0 Å². The van der Waals surface area contributed by atoms with E-state index in [1.807, 2.05) is 0 Å². The van der Waals surface area contributed by atoms with Gasteiger partial charge in [0.2, 0.25) is 0 Å². The van der Waals surface area contributed by atoms with Gasteiger partial charge in [0.25, 0.3) is 5.92 Å². The van der Waals surface area contributed by atoms with Gasteiger partial charge in [-0.25, -0.2) is 17.6 Å². The lowest BCUT2D eigenvalue weighted by Gasteiger charge is -2.22. The molecule has 0 unspecified atom stereocenters. The molecule has 0 bridgehead atoms. The third-order valence-corrected chi connectivity index (χ3v) is 2.67. The van der Waals surface area contributed by atoms with E-state index in [9.17, 15) is 17.6 Å². The largest absolute Gasteiger partial charge is 0.390 e. The second-order valence-corrected chi connectivity index (χ2v) is 4.01. The van der Waals surface area contributed by atoms with Gasteiger partial charge in [-0.2, -0.15) is 0 Å². The van der Waals surface area contributed by atoms with Gasteiger partial charge in [-0.1, -0.05) is 0 Å². The molecule has 0 saturated carbocycles. The molecule has 0 fully saturated rings. The maximum Gasteiger partial charge on any atom is 0.289 e. The molecule has 3 N–H and O–H groups in total. The molecule has 17 heavy (non-hydrogen) atoms. The van der Waals surface area contributed by atoms with Gasteiger partial charge >= 0.3 is 0 Å². The first-order chi connectivity index (χ1) is 7.31. The van der Waals surface area contributed by atoms with E-state index in [-0.39, 0.29) is 16.9 Å². The molecule has 0 aromatic heterocycles. The smallest absolute Gasteiger partial charge is 0.289 e. The molecule has 0 heterocycles. The highest BCUT2D eigenvalue weighted by atomic mass is 79.9. The molecule has 1 aromatic carbocycles. The Labute approximate surface area is 109 Å². The van der Waals surface area contributed by atoms with Gasteiger partial charge in [-0.05, 0) is 28.1 Å². The lowest BCUT2D eigenvalue weighted by Crippen LogP contribution is -2.37. The molecule has 0 aliphatic carbocycles. The van der Waals surface area contributed by atoms with Gasteiger partial charge < -0.3 is 10.8 Å². The Morgan fingerprint density at radius 1 is 1.35 bits per heavy atom. The van der Waals surface area contributed by atoms with E-state index >= 15 is 0 Å². The first-order valence-electron chi connectivity index (χ1n) is 4.19. The molecule has 98 valence electrons. The van der Waals surface area contributed by atoms with Crippen LogP contribution < -0.4 is 5.73 Å². The summed E-state index contributed by atoms with van der Waals surface area (Å²) in [4.78, 5) is 0. The number of nitrogens with two attached hydrogens (primary N) is 1. The summed E-state index contributed by atoms with van der Waals surface area (Å²) in [5.41, 5.74) is 4.09. The van der Waals surface area contributed by atoms with E-state index in [2.05, 4.69) is 15.9 Å². The lowest BCUT2D eigenvalue weighted by atomic mass is 10.0. The first-order valence-corrected chi connectivity index (χ1v) is 4.98. The van der Waals surface area contributed by atoms with Gasteiger partial charge in [-0.3, -0.25) is 0 Å². The Morgan fingerprint density at radius 3 is 2.35 bits per heavy atom. The Hall–Kier alpha value is -0.370. The van der Waals surface area contributed by atoms with Crippen molar-refractivity contribution in [3.05, 3.63) is 33.8 Å². The molecule has 0 saturated heterocycles.